The molecule has 2 bridgehead atoms. The number of carbonyl (C=O) groups excluding carboxylic acids is 1. The van der Waals surface area contributed by atoms with E-state index in [4.69, 9.17) is 0 Å². The molecule has 1 N–H and O–H groups in total. The highest BCUT2D eigenvalue weighted by atomic mass is 32.2. The van der Waals surface area contributed by atoms with E-state index < -0.39 is 10.0 Å². The Balaban J connectivity index is 1.51. The first-order valence-corrected chi connectivity index (χ1v) is 11.4. The zero-order valence-electron chi connectivity index (χ0n) is 16.6. The van der Waals surface area contributed by atoms with Gasteiger partial charge in [0.2, 0.25) is 10.0 Å². The normalized spacial score (nSPS) is 24.4. The Morgan fingerprint density at radius 2 is 1.66 bits per heavy atom. The fourth-order valence-corrected chi connectivity index (χ4v) is 6.82. The molecule has 4 rings (SSSR count). The largest absolute Gasteiger partial charge is 0.349 e. The SMILES string of the molecule is Cc1ccc(C)c(S(=O)(=O)N2C3CCC2CC(NC(=O)c2ccc(F)cc2)C3)c1. The van der Waals surface area contributed by atoms with Crippen LogP contribution in [0.1, 0.15) is 47.2 Å². The molecule has 154 valence electrons. The summed E-state index contributed by atoms with van der Waals surface area (Å²) in [5.41, 5.74) is 2.08. The third-order valence-corrected chi connectivity index (χ3v) is 8.15. The molecule has 29 heavy (non-hydrogen) atoms. The predicted molar refractivity (Wildman–Crippen MR) is 109 cm³/mol. The Morgan fingerprint density at radius 1 is 1.03 bits per heavy atom. The molecule has 0 radical (unpaired) electrons. The zero-order valence-corrected chi connectivity index (χ0v) is 17.4. The number of nitrogens with one attached hydrogen (secondary N) is 1. The molecule has 0 aliphatic carbocycles. The minimum absolute atomic E-state index is 0.0879. The minimum Gasteiger partial charge on any atom is -0.349 e. The van der Waals surface area contributed by atoms with Crippen LogP contribution in [-0.2, 0) is 10.0 Å². The number of amides is 1. The van der Waals surface area contributed by atoms with Gasteiger partial charge in [-0.15, -0.1) is 0 Å². The lowest BCUT2D eigenvalue weighted by molar-refractivity contribution is 0.0909. The van der Waals surface area contributed by atoms with Crippen LogP contribution in [0.4, 0.5) is 4.39 Å². The zero-order chi connectivity index (χ0) is 20.8. The van der Waals surface area contributed by atoms with Crippen LogP contribution in [0.5, 0.6) is 0 Å². The standard InChI is InChI=1S/C22H25FN2O3S/c1-14-3-4-15(2)21(11-14)29(27,28)25-19-9-10-20(25)13-18(12-19)24-22(26)16-5-7-17(23)8-6-16/h3-8,11,18-20H,9-10,12-13H2,1-2H3,(H,24,26). The summed E-state index contributed by atoms with van der Waals surface area (Å²) < 4.78 is 41.6. The van der Waals surface area contributed by atoms with Gasteiger partial charge < -0.3 is 5.32 Å². The number of carbonyl (C=O) groups is 1. The minimum atomic E-state index is -3.58. The summed E-state index contributed by atoms with van der Waals surface area (Å²) in [4.78, 5) is 12.9. The van der Waals surface area contributed by atoms with Gasteiger partial charge in [-0.2, -0.15) is 4.31 Å². The molecular formula is C22H25FN2O3S. The van der Waals surface area contributed by atoms with Crippen molar-refractivity contribution in [3.8, 4) is 0 Å². The van der Waals surface area contributed by atoms with Crippen LogP contribution in [0, 0.1) is 19.7 Å². The third-order valence-electron chi connectivity index (χ3n) is 6.01. The number of halogens is 1. The summed E-state index contributed by atoms with van der Waals surface area (Å²) in [5.74, 6) is -0.634. The van der Waals surface area contributed by atoms with Crippen LogP contribution >= 0.6 is 0 Å². The van der Waals surface area contributed by atoms with Gasteiger partial charge in [0.15, 0.2) is 0 Å². The van der Waals surface area contributed by atoms with Crippen molar-refractivity contribution in [1.82, 2.24) is 9.62 Å². The molecule has 5 nitrogen and oxygen atoms in total. The van der Waals surface area contributed by atoms with Gasteiger partial charge in [-0.3, -0.25) is 4.79 Å². The molecule has 0 spiro atoms. The van der Waals surface area contributed by atoms with Crippen molar-refractivity contribution >= 4 is 15.9 Å². The molecule has 2 fully saturated rings. The summed E-state index contributed by atoms with van der Waals surface area (Å²) in [5, 5.41) is 3.00. The molecule has 2 saturated heterocycles. The quantitative estimate of drug-likeness (QED) is 0.829. The van der Waals surface area contributed by atoms with E-state index in [1.54, 1.807) is 10.4 Å². The Bertz CT molecular complexity index is 1020. The lowest BCUT2D eigenvalue weighted by atomic mass is 9.99. The Kier molecular flexibility index (Phi) is 5.21. The molecule has 2 aliphatic heterocycles. The molecule has 0 saturated carbocycles. The Hall–Kier alpha value is -2.25. The number of hydrogen-bond acceptors (Lipinski definition) is 3. The fraction of sp³-hybridized carbons (Fsp3) is 0.409. The maximum Gasteiger partial charge on any atom is 0.251 e. The van der Waals surface area contributed by atoms with Crippen LogP contribution in [0.15, 0.2) is 47.4 Å². The van der Waals surface area contributed by atoms with E-state index in [0.29, 0.717) is 23.3 Å². The van der Waals surface area contributed by atoms with E-state index in [1.165, 1.54) is 24.3 Å². The molecule has 2 atom stereocenters. The number of piperidine rings is 1. The highest BCUT2D eigenvalue weighted by Gasteiger charge is 2.47. The molecule has 2 heterocycles. The van der Waals surface area contributed by atoms with Crippen molar-refractivity contribution in [3.63, 3.8) is 0 Å². The molecule has 2 aromatic rings. The van der Waals surface area contributed by atoms with Crippen molar-refractivity contribution in [2.75, 3.05) is 0 Å². The van der Waals surface area contributed by atoms with Crippen LogP contribution < -0.4 is 5.32 Å². The van der Waals surface area contributed by atoms with Crippen LogP contribution in [-0.4, -0.2) is 36.8 Å². The van der Waals surface area contributed by atoms with Crippen molar-refractivity contribution < 1.29 is 17.6 Å². The third kappa shape index (κ3) is 3.81. The average molecular weight is 417 g/mol. The first-order valence-electron chi connectivity index (χ1n) is 9.93. The van der Waals surface area contributed by atoms with Crippen molar-refractivity contribution in [2.45, 2.75) is 62.6 Å². The summed E-state index contributed by atoms with van der Waals surface area (Å²) >= 11 is 0. The van der Waals surface area contributed by atoms with E-state index in [9.17, 15) is 17.6 Å². The maximum absolute atomic E-state index is 13.4. The second-order valence-corrected chi connectivity index (χ2v) is 9.95. The Morgan fingerprint density at radius 3 is 2.28 bits per heavy atom. The smallest absolute Gasteiger partial charge is 0.251 e. The lowest BCUT2D eigenvalue weighted by Crippen LogP contribution is -2.52. The van der Waals surface area contributed by atoms with E-state index in [0.717, 1.165) is 24.0 Å². The number of hydrogen-bond donors (Lipinski definition) is 1. The highest BCUT2D eigenvalue weighted by molar-refractivity contribution is 7.89. The lowest BCUT2D eigenvalue weighted by Gasteiger charge is -2.38. The first-order chi connectivity index (χ1) is 13.8. The molecule has 1 amide bonds. The first kappa shape index (κ1) is 20.0. The highest BCUT2D eigenvalue weighted by Crippen LogP contribution is 2.40. The van der Waals surface area contributed by atoms with Gasteiger partial charge in [0, 0.05) is 23.7 Å². The fourth-order valence-electron chi connectivity index (χ4n) is 4.61. The molecule has 2 unspecified atom stereocenters. The summed E-state index contributed by atoms with van der Waals surface area (Å²) in [6, 6.07) is 10.6. The van der Waals surface area contributed by atoms with E-state index in [2.05, 4.69) is 5.32 Å². The summed E-state index contributed by atoms with van der Waals surface area (Å²) in [7, 11) is -3.58. The van der Waals surface area contributed by atoms with E-state index in [1.807, 2.05) is 26.0 Å². The molecule has 2 aliphatic rings. The number of sulfonamides is 1. The molecule has 7 heteroatoms. The second-order valence-electron chi connectivity index (χ2n) is 8.14. The topological polar surface area (TPSA) is 66.5 Å². The number of fused-ring (bicyclic) bond motifs is 2. The predicted octanol–water partition coefficient (Wildman–Crippen LogP) is 3.56. The number of benzene rings is 2. The van der Waals surface area contributed by atoms with Gasteiger partial charge >= 0.3 is 0 Å². The average Bonchev–Trinajstić information content (AvgIpc) is 2.96. The molecule has 2 aromatic carbocycles. The summed E-state index contributed by atoms with van der Waals surface area (Å²) in [6.45, 7) is 3.72. The maximum atomic E-state index is 13.4. The van der Waals surface area contributed by atoms with Crippen molar-refractivity contribution in [1.29, 1.82) is 0 Å². The number of rotatable bonds is 4. The van der Waals surface area contributed by atoms with Crippen LogP contribution in [0.2, 0.25) is 0 Å². The van der Waals surface area contributed by atoms with Gasteiger partial charge in [-0.25, -0.2) is 12.8 Å². The van der Waals surface area contributed by atoms with Gasteiger partial charge in [-0.1, -0.05) is 12.1 Å². The van der Waals surface area contributed by atoms with E-state index >= 15 is 0 Å². The van der Waals surface area contributed by atoms with Gasteiger partial charge in [0.05, 0.1) is 4.90 Å². The number of aryl methyl sites for hydroxylation is 2. The van der Waals surface area contributed by atoms with Gasteiger partial charge in [0.25, 0.3) is 5.91 Å². The van der Waals surface area contributed by atoms with Crippen molar-refractivity contribution in [2.24, 2.45) is 0 Å². The van der Waals surface area contributed by atoms with Crippen LogP contribution in [0.3, 0.4) is 0 Å². The van der Waals surface area contributed by atoms with Gasteiger partial charge in [-0.05, 0) is 81.0 Å². The van der Waals surface area contributed by atoms with Gasteiger partial charge in [0.1, 0.15) is 5.82 Å². The van der Waals surface area contributed by atoms with E-state index in [-0.39, 0.29) is 29.8 Å². The van der Waals surface area contributed by atoms with Crippen molar-refractivity contribution in [3.05, 3.63) is 65.0 Å². The second kappa shape index (κ2) is 7.54. The summed E-state index contributed by atoms with van der Waals surface area (Å²) in [6.07, 6.45) is 2.79. The molecule has 0 aromatic heterocycles. The molecular weight excluding hydrogens is 391 g/mol. The Labute approximate surface area is 171 Å². The number of nitrogens with zero attached hydrogens (tertiary/aromatic N) is 1. The monoisotopic (exact) mass is 416 g/mol. The van der Waals surface area contributed by atoms with Crippen LogP contribution in [0.25, 0.3) is 0 Å².